The van der Waals surface area contributed by atoms with Crippen molar-refractivity contribution >= 4 is 17.6 Å². The monoisotopic (exact) mass is 566 g/mol. The minimum Gasteiger partial charge on any atom is -0.481 e. The fraction of sp³-hybridized carbons (Fsp3) is 0.286. The average Bonchev–Trinajstić information content (AvgIpc) is 3.42. The molecule has 2 N–H and O–H groups in total. The highest BCUT2D eigenvalue weighted by Crippen LogP contribution is 2.32. The first kappa shape index (κ1) is 27.7. The van der Waals surface area contributed by atoms with E-state index in [0.29, 0.717) is 5.56 Å². The second kappa shape index (κ2) is 11.7. The number of aliphatic carboxylic acids is 1. The molecule has 3 heterocycles. The molecule has 1 aromatic carbocycles. The van der Waals surface area contributed by atoms with Gasteiger partial charge < -0.3 is 15.2 Å². The minimum atomic E-state index is -4.84. The van der Waals surface area contributed by atoms with Gasteiger partial charge in [-0.3, -0.25) is 9.59 Å². The fourth-order valence-corrected chi connectivity index (χ4v) is 4.68. The number of halogens is 3. The summed E-state index contributed by atoms with van der Waals surface area (Å²) < 4.78 is 47.6. The maximum absolute atomic E-state index is 13.6. The molecule has 1 fully saturated rings. The number of benzene rings is 1. The number of alkyl halides is 3. The molecule has 1 amide bonds. The number of anilines is 1. The molecule has 3 aromatic heterocycles. The van der Waals surface area contributed by atoms with E-state index in [2.05, 4.69) is 25.4 Å². The maximum atomic E-state index is 13.6. The van der Waals surface area contributed by atoms with Crippen molar-refractivity contribution in [2.75, 3.05) is 5.32 Å². The van der Waals surface area contributed by atoms with Gasteiger partial charge in [0, 0.05) is 42.5 Å². The van der Waals surface area contributed by atoms with Crippen LogP contribution in [0.2, 0.25) is 0 Å². The van der Waals surface area contributed by atoms with Crippen molar-refractivity contribution in [1.29, 1.82) is 0 Å². The van der Waals surface area contributed by atoms with Crippen LogP contribution in [0.4, 0.5) is 18.9 Å². The van der Waals surface area contributed by atoms with Gasteiger partial charge in [0.05, 0.1) is 5.56 Å². The van der Waals surface area contributed by atoms with Gasteiger partial charge in [0.1, 0.15) is 6.10 Å². The number of amides is 1. The zero-order valence-corrected chi connectivity index (χ0v) is 21.6. The van der Waals surface area contributed by atoms with Crippen LogP contribution in [0.1, 0.15) is 48.2 Å². The van der Waals surface area contributed by atoms with Crippen molar-refractivity contribution in [2.24, 2.45) is 5.92 Å². The first-order valence-corrected chi connectivity index (χ1v) is 12.9. The molecule has 41 heavy (non-hydrogen) atoms. The lowest BCUT2D eigenvalue weighted by Crippen LogP contribution is -2.25. The van der Waals surface area contributed by atoms with Crippen molar-refractivity contribution in [1.82, 2.24) is 24.7 Å². The maximum Gasteiger partial charge on any atom is 0.435 e. The second-order valence-electron chi connectivity index (χ2n) is 9.67. The van der Waals surface area contributed by atoms with Crippen molar-refractivity contribution < 1.29 is 32.6 Å². The molecule has 0 spiro atoms. The summed E-state index contributed by atoms with van der Waals surface area (Å²) in [4.78, 5) is 36.2. The van der Waals surface area contributed by atoms with Gasteiger partial charge in [0.25, 0.3) is 5.91 Å². The lowest BCUT2D eigenvalue weighted by molar-refractivity contribution is -0.141. The third-order valence-electron chi connectivity index (χ3n) is 6.74. The third kappa shape index (κ3) is 6.86. The Morgan fingerprint density at radius 1 is 0.976 bits per heavy atom. The Balaban J connectivity index is 1.22. The summed E-state index contributed by atoms with van der Waals surface area (Å²) in [6, 6.07) is 11.4. The van der Waals surface area contributed by atoms with Crippen LogP contribution in [0, 0.1) is 5.92 Å². The van der Waals surface area contributed by atoms with E-state index in [1.165, 1.54) is 12.3 Å². The number of hydrogen-bond acceptors (Lipinski definition) is 7. The van der Waals surface area contributed by atoms with Crippen LogP contribution in [0.25, 0.3) is 16.9 Å². The number of rotatable bonds is 8. The number of hydrogen-bond donors (Lipinski definition) is 2. The van der Waals surface area contributed by atoms with Crippen LogP contribution in [0.15, 0.2) is 67.3 Å². The summed E-state index contributed by atoms with van der Waals surface area (Å²) in [5.41, 5.74) is -0.257. The predicted octanol–water partition coefficient (Wildman–Crippen LogP) is 5.41. The highest BCUT2D eigenvalue weighted by Gasteiger charge is 2.39. The summed E-state index contributed by atoms with van der Waals surface area (Å²) >= 11 is 0. The minimum absolute atomic E-state index is 0.0669. The molecule has 0 saturated heterocycles. The summed E-state index contributed by atoms with van der Waals surface area (Å²) in [6.07, 6.45) is 3.90. The highest BCUT2D eigenvalue weighted by atomic mass is 19.4. The standard InChI is InChI=1S/C28H25F3N6O4/c29-28(30,31)25-22(16-37(36-25)23-3-1-2-12-32-23)26(40)35-20-8-6-18(7-9-20)19-14-33-27(34-15-19)41-21-10-4-17(5-11-21)13-24(38)39/h1-3,6-9,12,14-17,21H,4-5,10-11,13H2,(H,35,40)(H,38,39). The van der Waals surface area contributed by atoms with E-state index in [-0.39, 0.29) is 36.0 Å². The van der Waals surface area contributed by atoms with Gasteiger partial charge in [-0.1, -0.05) is 18.2 Å². The lowest BCUT2D eigenvalue weighted by Gasteiger charge is -2.27. The topological polar surface area (TPSA) is 132 Å². The lowest BCUT2D eigenvalue weighted by atomic mass is 9.85. The van der Waals surface area contributed by atoms with E-state index in [1.807, 2.05) is 0 Å². The molecule has 0 atom stereocenters. The normalized spacial score (nSPS) is 17.1. The van der Waals surface area contributed by atoms with Gasteiger partial charge in [-0.05, 0) is 61.4 Å². The van der Waals surface area contributed by atoms with Crippen LogP contribution in [0.3, 0.4) is 0 Å². The number of carboxylic acid groups (broad SMARTS) is 1. The van der Waals surface area contributed by atoms with Crippen molar-refractivity contribution in [3.63, 3.8) is 0 Å². The molecule has 4 aromatic rings. The van der Waals surface area contributed by atoms with Crippen LogP contribution in [-0.4, -0.2) is 47.8 Å². The van der Waals surface area contributed by atoms with Gasteiger partial charge in [0.15, 0.2) is 11.5 Å². The fourth-order valence-electron chi connectivity index (χ4n) is 4.68. The van der Waals surface area contributed by atoms with E-state index in [1.54, 1.807) is 48.8 Å². The van der Waals surface area contributed by atoms with Gasteiger partial charge in [-0.2, -0.15) is 18.3 Å². The summed E-state index contributed by atoms with van der Waals surface area (Å²) in [5, 5.41) is 15.0. The van der Waals surface area contributed by atoms with Gasteiger partial charge >= 0.3 is 18.2 Å². The molecule has 0 bridgehead atoms. The first-order chi connectivity index (χ1) is 19.7. The third-order valence-corrected chi connectivity index (χ3v) is 6.74. The van der Waals surface area contributed by atoms with Gasteiger partial charge in [-0.15, -0.1) is 0 Å². The molecule has 13 heteroatoms. The largest absolute Gasteiger partial charge is 0.481 e. The average molecular weight is 567 g/mol. The molecular formula is C28H25F3N6O4. The molecule has 1 aliphatic rings. The molecule has 1 aliphatic carbocycles. The Bertz CT molecular complexity index is 1500. The number of nitrogens with zero attached hydrogens (tertiary/aromatic N) is 5. The molecular weight excluding hydrogens is 541 g/mol. The number of carboxylic acids is 1. The van der Waals surface area contributed by atoms with Crippen LogP contribution < -0.4 is 10.1 Å². The number of aromatic nitrogens is 5. The summed E-state index contributed by atoms with van der Waals surface area (Å²) in [6.45, 7) is 0. The molecule has 0 unspecified atom stereocenters. The SMILES string of the molecule is O=C(O)CC1CCC(Oc2ncc(-c3ccc(NC(=O)c4cn(-c5ccccn5)nc4C(F)(F)F)cc3)cn2)CC1. The smallest absolute Gasteiger partial charge is 0.435 e. The number of ether oxygens (including phenoxy) is 1. The van der Waals surface area contributed by atoms with E-state index >= 15 is 0 Å². The Hall–Kier alpha value is -4.81. The van der Waals surface area contributed by atoms with E-state index in [9.17, 15) is 22.8 Å². The number of carbonyl (C=O) groups is 2. The Morgan fingerprint density at radius 2 is 1.68 bits per heavy atom. The Kier molecular flexibility index (Phi) is 7.95. The molecule has 0 radical (unpaired) electrons. The van der Waals surface area contributed by atoms with Crippen LogP contribution in [0.5, 0.6) is 6.01 Å². The van der Waals surface area contributed by atoms with Gasteiger partial charge in [-0.25, -0.2) is 19.6 Å². The van der Waals surface area contributed by atoms with Crippen molar-refractivity contribution in [3.05, 3.63) is 78.5 Å². The van der Waals surface area contributed by atoms with E-state index < -0.39 is 29.3 Å². The summed E-state index contributed by atoms with van der Waals surface area (Å²) in [5.74, 6) is -1.44. The number of pyridine rings is 1. The van der Waals surface area contributed by atoms with Crippen LogP contribution >= 0.6 is 0 Å². The second-order valence-corrected chi connectivity index (χ2v) is 9.67. The molecule has 212 valence electrons. The molecule has 0 aliphatic heterocycles. The zero-order chi connectivity index (χ0) is 29.0. The van der Waals surface area contributed by atoms with E-state index in [0.717, 1.165) is 42.1 Å². The van der Waals surface area contributed by atoms with Crippen molar-refractivity contribution in [2.45, 2.75) is 44.4 Å². The highest BCUT2D eigenvalue weighted by molar-refractivity contribution is 6.05. The first-order valence-electron chi connectivity index (χ1n) is 12.9. The molecule has 5 rings (SSSR count). The quantitative estimate of drug-likeness (QED) is 0.290. The summed E-state index contributed by atoms with van der Waals surface area (Å²) in [7, 11) is 0. The molecule has 1 saturated carbocycles. The number of carbonyl (C=O) groups excluding carboxylic acids is 1. The number of nitrogens with one attached hydrogen (secondary N) is 1. The Labute approximate surface area is 232 Å². The molecule has 10 nitrogen and oxygen atoms in total. The predicted molar refractivity (Wildman–Crippen MR) is 140 cm³/mol. The zero-order valence-electron chi connectivity index (χ0n) is 21.6. The van der Waals surface area contributed by atoms with Crippen molar-refractivity contribution in [3.8, 4) is 23.0 Å². The van der Waals surface area contributed by atoms with Gasteiger partial charge in [0.2, 0.25) is 0 Å². The van der Waals surface area contributed by atoms with Crippen LogP contribution in [-0.2, 0) is 11.0 Å². The van der Waals surface area contributed by atoms with E-state index in [4.69, 9.17) is 9.84 Å². The Morgan fingerprint density at radius 3 is 2.29 bits per heavy atom.